The maximum atomic E-state index is 12.8. The van der Waals surface area contributed by atoms with Crippen LogP contribution in [0.1, 0.15) is 5.56 Å². The summed E-state index contributed by atoms with van der Waals surface area (Å²) in [7, 11) is 0. The average molecular weight is 503 g/mol. The molecule has 4 nitrogen and oxygen atoms in total. The molecule has 1 aromatic carbocycles. The fourth-order valence-electron chi connectivity index (χ4n) is 1.23. The Morgan fingerprint density at radius 1 is 1.33 bits per heavy atom. The van der Waals surface area contributed by atoms with Crippen molar-refractivity contribution in [2.24, 2.45) is 0 Å². The number of rotatable bonds is 5. The van der Waals surface area contributed by atoms with E-state index in [0.717, 1.165) is 0 Å². The van der Waals surface area contributed by atoms with Crippen LogP contribution in [0.25, 0.3) is 0 Å². The maximum Gasteiger partial charge on any atom is 0.323 e. The summed E-state index contributed by atoms with van der Waals surface area (Å²) in [5.41, 5.74) is -0.0865. The Morgan fingerprint density at radius 2 is 1.83 bits per heavy atom. The number of carboxylic acids is 1. The first-order chi connectivity index (χ1) is 7.95. The molecule has 18 heavy (non-hydrogen) atoms. The Labute approximate surface area is 94.1 Å². The van der Waals surface area contributed by atoms with Crippen molar-refractivity contribution in [3.8, 4) is 0 Å². The van der Waals surface area contributed by atoms with Gasteiger partial charge in [-0.25, -0.2) is 13.2 Å². The van der Waals surface area contributed by atoms with Gasteiger partial charge in [-0.2, -0.15) is 6.41 Å². The van der Waals surface area contributed by atoms with Gasteiger partial charge in [0.1, 0.15) is 6.04 Å². The van der Waals surface area contributed by atoms with Crippen LogP contribution in [0.4, 0.5) is 13.2 Å². The number of halogens is 3. The Balaban J connectivity index is 0.00000289. The van der Waals surface area contributed by atoms with Gasteiger partial charge in [-0.1, -0.05) is 0 Å². The molecular weight excluding hydrogens is 496 g/mol. The van der Waals surface area contributed by atoms with Crippen LogP contribution < -0.4 is 5.32 Å². The fraction of sp³-hybridized carbons (Fsp3) is 0.200. The van der Waals surface area contributed by atoms with E-state index in [9.17, 15) is 22.8 Å². The zero-order chi connectivity index (χ0) is 13.0. The predicted octanol–water partition coefficient (Wildman–Crippen LogP) is 0.756. The zero-order valence-electron chi connectivity index (χ0n) is 8.63. The summed E-state index contributed by atoms with van der Waals surface area (Å²) in [5.74, 6) is -5.85. The van der Waals surface area contributed by atoms with Crippen LogP contribution in [0.5, 0.6) is 0 Å². The Kier molecular flexibility index (Phi) is 4.88. The molecule has 1 atom stereocenters. The van der Waals surface area contributed by atoms with Crippen LogP contribution >= 0.6 is 0 Å². The summed E-state index contributed by atoms with van der Waals surface area (Å²) < 4.78 is 38.2. The summed E-state index contributed by atoms with van der Waals surface area (Å²) in [6.45, 7) is 0. The van der Waals surface area contributed by atoms with Crippen LogP contribution in [0.3, 0.4) is 0 Å². The second-order valence-electron chi connectivity index (χ2n) is 3.21. The molecule has 2 N–H and O–H groups in total. The molecule has 0 aliphatic carbocycles. The van der Waals surface area contributed by atoms with E-state index in [1.807, 2.05) is 5.32 Å². The number of hydrogen-bond donors (Lipinski definition) is 2. The van der Waals surface area contributed by atoms with Crippen molar-refractivity contribution < 1.29 is 27.9 Å². The number of carbonyl (C=O) groups excluding carboxylic acids is 1. The van der Waals surface area contributed by atoms with E-state index in [1.54, 1.807) is 0 Å². The summed E-state index contributed by atoms with van der Waals surface area (Å²) in [6.07, 6.45) is 0.791. The summed E-state index contributed by atoms with van der Waals surface area (Å²) >= 11 is 0. The normalized spacial score (nSPS) is 11.3. The van der Waals surface area contributed by atoms with Gasteiger partial charge in [-0.3, -0.25) is 4.79 Å². The number of hydrogen-bond acceptors (Lipinski definition) is 2. The molecular formula is C10H7F3FmNO3-. The SMILES string of the molecule is O=[C-]NC(Cc1cc(F)c(F)c(F)c1)C(=O)O.[Fm]. The Bertz CT molecular complexity index is 433. The van der Waals surface area contributed by atoms with Crippen LogP contribution in [0.15, 0.2) is 12.1 Å². The van der Waals surface area contributed by atoms with Crippen molar-refractivity contribution in [1.29, 1.82) is 0 Å². The van der Waals surface area contributed by atoms with Crippen molar-refractivity contribution in [1.82, 2.24) is 5.32 Å². The molecule has 0 saturated heterocycles. The minimum absolute atomic E-state index is 0. The molecule has 0 bridgehead atoms. The molecule has 1 rings (SSSR count). The standard InChI is InChI=1S/C10H7F3NO3.Fm/c11-6-1-5(2-7(12)9(6)13)3-8(10(16)17)14-4-15;/h1-2,8H,3H2,(H,14,15)(H,16,17);/q-1;. The van der Waals surface area contributed by atoms with Crippen molar-refractivity contribution in [3.63, 3.8) is 0 Å². The topological polar surface area (TPSA) is 66.4 Å². The van der Waals surface area contributed by atoms with Crippen LogP contribution in [-0.4, -0.2) is 23.5 Å². The Morgan fingerprint density at radius 3 is 2.22 bits per heavy atom. The molecule has 0 fully saturated rings. The van der Waals surface area contributed by atoms with Crippen molar-refractivity contribution in [2.45, 2.75) is 12.5 Å². The predicted molar refractivity (Wildman–Crippen MR) is 50.3 cm³/mol. The molecule has 1 unspecified atom stereocenters. The van der Waals surface area contributed by atoms with Crippen LogP contribution in [0, 0.1) is 17.5 Å². The van der Waals surface area contributed by atoms with E-state index >= 15 is 0 Å². The van der Waals surface area contributed by atoms with E-state index in [4.69, 9.17) is 5.11 Å². The van der Waals surface area contributed by atoms with E-state index in [-0.39, 0.29) is 12.0 Å². The van der Waals surface area contributed by atoms with Gasteiger partial charge >= 0.3 is 5.97 Å². The van der Waals surface area contributed by atoms with Gasteiger partial charge in [0.15, 0.2) is 17.5 Å². The molecule has 0 saturated carbocycles. The summed E-state index contributed by atoms with van der Waals surface area (Å²) in [5, 5.41) is 10.5. The number of carbonyl (C=O) groups is 1. The van der Waals surface area contributed by atoms with E-state index in [2.05, 4.69) is 0 Å². The van der Waals surface area contributed by atoms with E-state index in [0.29, 0.717) is 12.1 Å². The van der Waals surface area contributed by atoms with Crippen molar-refractivity contribution in [2.75, 3.05) is 0 Å². The second kappa shape index (κ2) is 5.88. The molecule has 0 spiro atoms. The number of amides is 1. The maximum absolute atomic E-state index is 12.8. The van der Waals surface area contributed by atoms with E-state index < -0.39 is 29.5 Å². The molecule has 0 radical (unpaired) electrons. The molecule has 0 aromatic heterocycles. The number of benzene rings is 1. The molecule has 1 aromatic rings. The van der Waals surface area contributed by atoms with Crippen LogP contribution in [0.2, 0.25) is 0 Å². The molecule has 0 aliphatic heterocycles. The van der Waals surface area contributed by atoms with Gasteiger partial charge in [0.05, 0.1) is 0 Å². The second-order valence-corrected chi connectivity index (χ2v) is 3.21. The number of aliphatic carboxylic acids is 1. The average Bonchev–Trinajstić information content (AvgIpc) is 2.25. The third kappa shape index (κ3) is 3.22. The van der Waals surface area contributed by atoms with Gasteiger partial charge < -0.3 is 15.2 Å². The Hall–Kier alpha value is -3.05. The van der Waals surface area contributed by atoms with Gasteiger partial charge in [0.25, 0.3) is 0 Å². The molecule has 1 amide bonds. The molecule has 8 heteroatoms. The largest absolute Gasteiger partial charge is 0.520 e. The monoisotopic (exact) mass is 503 g/mol. The van der Waals surface area contributed by atoms with Gasteiger partial charge in [-0.15, -0.1) is 0 Å². The van der Waals surface area contributed by atoms with E-state index in [1.165, 1.54) is 6.41 Å². The van der Waals surface area contributed by atoms with Gasteiger partial charge in [0.2, 0.25) is 0 Å². The third-order valence-electron chi connectivity index (χ3n) is 2.01. The summed E-state index contributed by atoms with van der Waals surface area (Å²) in [6, 6.07) is -0.0430. The van der Waals surface area contributed by atoms with Crippen molar-refractivity contribution in [3.05, 3.63) is 35.1 Å². The first kappa shape index (κ1) is 14.9. The first-order valence-electron chi connectivity index (χ1n) is 4.44. The van der Waals surface area contributed by atoms with Gasteiger partial charge in [0, 0.05) is 6.42 Å². The fourth-order valence-corrected chi connectivity index (χ4v) is 1.23. The number of carboxylic acid groups (broad SMARTS) is 1. The first-order valence-corrected chi connectivity index (χ1v) is 4.44. The molecule has 104 valence electrons. The number of nitrogens with one attached hydrogen (secondary N) is 1. The van der Waals surface area contributed by atoms with Crippen molar-refractivity contribution >= 4 is 12.4 Å². The minimum Gasteiger partial charge on any atom is -0.520 e. The molecule has 0 aliphatic rings. The minimum atomic E-state index is -1.63. The van der Waals surface area contributed by atoms with Gasteiger partial charge in [-0.05, 0) is 17.7 Å². The summed E-state index contributed by atoms with van der Waals surface area (Å²) in [4.78, 5) is 20.6. The quantitative estimate of drug-likeness (QED) is 0.355. The zero-order valence-corrected chi connectivity index (χ0v) is 11.0. The molecule has 0 heterocycles. The smallest absolute Gasteiger partial charge is 0.323 e. The third-order valence-corrected chi connectivity index (χ3v) is 2.01. The van der Waals surface area contributed by atoms with Crippen LogP contribution in [-0.2, 0) is 16.0 Å².